The summed E-state index contributed by atoms with van der Waals surface area (Å²) in [7, 11) is 0. The second-order valence-electron chi connectivity index (χ2n) is 6.07. The van der Waals surface area contributed by atoms with Gasteiger partial charge in [-0.05, 0) is 71.2 Å². The molecule has 29 heavy (non-hydrogen) atoms. The summed E-state index contributed by atoms with van der Waals surface area (Å²) in [4.78, 5) is 16.6. The van der Waals surface area contributed by atoms with Crippen LogP contribution in [-0.2, 0) is 9.53 Å². The first kappa shape index (κ1) is 21.7. The number of nitrogens with zero attached hydrogens (tertiary/aromatic N) is 1. The van der Waals surface area contributed by atoms with Crippen LogP contribution < -0.4 is 9.47 Å². The van der Waals surface area contributed by atoms with Crippen molar-refractivity contribution >= 4 is 57.1 Å². The van der Waals surface area contributed by atoms with Gasteiger partial charge in [0.25, 0.3) is 0 Å². The Morgan fingerprint density at radius 3 is 2.66 bits per heavy atom. The van der Waals surface area contributed by atoms with Crippen molar-refractivity contribution in [2.45, 2.75) is 20.3 Å². The van der Waals surface area contributed by atoms with Crippen LogP contribution in [0.3, 0.4) is 0 Å². The third-order valence-electron chi connectivity index (χ3n) is 3.87. The van der Waals surface area contributed by atoms with Crippen LogP contribution in [0.25, 0.3) is 6.08 Å². The minimum Gasteiger partial charge on any atom is -0.490 e. The number of ether oxygens (including phenoxy) is 3. The van der Waals surface area contributed by atoms with Gasteiger partial charge in [0.1, 0.15) is 0 Å². The molecule has 0 N–H and O–H groups in total. The summed E-state index contributed by atoms with van der Waals surface area (Å²) in [5.74, 6) is 0.779. The van der Waals surface area contributed by atoms with Gasteiger partial charge in [-0.15, -0.1) is 0 Å². The fourth-order valence-corrected chi connectivity index (χ4v) is 3.69. The number of hydrogen-bond acceptors (Lipinski definition) is 5. The van der Waals surface area contributed by atoms with Crippen LogP contribution in [-0.4, -0.2) is 25.1 Å². The van der Waals surface area contributed by atoms with E-state index in [-0.39, 0.29) is 11.6 Å². The molecule has 1 aliphatic heterocycles. The molecule has 8 heteroatoms. The summed E-state index contributed by atoms with van der Waals surface area (Å²) in [6, 6.07) is 8.50. The number of esters is 1. The predicted molar refractivity (Wildman–Crippen MR) is 118 cm³/mol. The van der Waals surface area contributed by atoms with Gasteiger partial charge in [-0.2, -0.15) is 0 Å². The first-order valence-electron chi connectivity index (χ1n) is 9.00. The van der Waals surface area contributed by atoms with Crippen LogP contribution in [0.5, 0.6) is 11.5 Å². The van der Waals surface area contributed by atoms with Crippen LogP contribution in [0.2, 0.25) is 10.0 Å². The zero-order chi connectivity index (χ0) is 21.0. The molecule has 3 rings (SSSR count). The number of rotatable bonds is 7. The topological polar surface area (TPSA) is 57.1 Å². The summed E-state index contributed by atoms with van der Waals surface area (Å²) >= 11 is 15.6. The van der Waals surface area contributed by atoms with Crippen LogP contribution in [0.1, 0.15) is 31.4 Å². The Hall–Kier alpha value is -2.02. The summed E-state index contributed by atoms with van der Waals surface area (Å²) in [6.45, 7) is 4.97. The van der Waals surface area contributed by atoms with Crippen LogP contribution in [0, 0.1) is 0 Å². The van der Waals surface area contributed by atoms with E-state index in [0.717, 1.165) is 10.9 Å². The Labute approximate surface area is 187 Å². The zero-order valence-electron chi connectivity index (χ0n) is 15.8. The number of cyclic esters (lactones) is 1. The molecule has 5 nitrogen and oxygen atoms in total. The fraction of sp³-hybridized carbons (Fsp3) is 0.238. The first-order valence-corrected chi connectivity index (χ1v) is 10.5. The van der Waals surface area contributed by atoms with Gasteiger partial charge in [-0.25, -0.2) is 9.79 Å². The van der Waals surface area contributed by atoms with Crippen molar-refractivity contribution < 1.29 is 19.0 Å². The van der Waals surface area contributed by atoms with Crippen molar-refractivity contribution in [1.29, 1.82) is 0 Å². The lowest BCUT2D eigenvalue weighted by Crippen LogP contribution is -2.06. The minimum atomic E-state index is -0.564. The molecule has 0 unspecified atom stereocenters. The number of halogens is 3. The van der Waals surface area contributed by atoms with Crippen molar-refractivity contribution in [2.75, 3.05) is 13.2 Å². The van der Waals surface area contributed by atoms with E-state index in [1.165, 1.54) is 0 Å². The maximum atomic E-state index is 12.3. The number of aliphatic imine (C=N–C) groups is 1. The molecule has 1 aliphatic rings. The number of hydrogen-bond donors (Lipinski definition) is 0. The number of carbonyl (C=O) groups excluding carboxylic acids is 1. The normalized spacial score (nSPS) is 14.7. The molecule has 0 spiro atoms. The molecule has 0 aromatic heterocycles. The van der Waals surface area contributed by atoms with Crippen molar-refractivity contribution in [2.24, 2.45) is 4.99 Å². The third-order valence-corrected chi connectivity index (χ3v) is 5.00. The lowest BCUT2D eigenvalue weighted by atomic mass is 10.1. The molecule has 0 atom stereocenters. The molecule has 0 saturated carbocycles. The minimum absolute atomic E-state index is 0.134. The maximum absolute atomic E-state index is 12.3. The van der Waals surface area contributed by atoms with E-state index in [4.69, 9.17) is 37.4 Å². The Bertz CT molecular complexity index is 1000. The lowest BCUT2D eigenvalue weighted by molar-refractivity contribution is -0.129. The van der Waals surface area contributed by atoms with Crippen LogP contribution in [0.4, 0.5) is 0 Å². The van der Waals surface area contributed by atoms with Crippen LogP contribution >= 0.6 is 39.1 Å². The van der Waals surface area contributed by atoms with Crippen molar-refractivity contribution in [1.82, 2.24) is 0 Å². The first-order chi connectivity index (χ1) is 13.9. The van der Waals surface area contributed by atoms with Gasteiger partial charge >= 0.3 is 5.97 Å². The molecule has 0 fully saturated rings. The lowest BCUT2D eigenvalue weighted by Gasteiger charge is -2.14. The van der Waals surface area contributed by atoms with E-state index in [0.29, 0.717) is 45.9 Å². The predicted octanol–water partition coefficient (Wildman–Crippen LogP) is 6.29. The quantitative estimate of drug-likeness (QED) is 0.332. The van der Waals surface area contributed by atoms with Gasteiger partial charge in [0.2, 0.25) is 5.90 Å². The second kappa shape index (κ2) is 9.65. The SMILES string of the molecule is CCCOc1c(Br)cc(/C=C2\N=C(c3ccc(Cl)cc3Cl)OC2=O)cc1OCC. The van der Waals surface area contributed by atoms with Crippen molar-refractivity contribution in [3.05, 3.63) is 61.7 Å². The van der Waals surface area contributed by atoms with E-state index in [9.17, 15) is 4.79 Å². The summed E-state index contributed by atoms with van der Waals surface area (Å²) in [5.41, 5.74) is 1.36. The van der Waals surface area contributed by atoms with Gasteiger partial charge in [-0.1, -0.05) is 30.1 Å². The molecular weight excluding hydrogens is 481 g/mol. The average molecular weight is 499 g/mol. The molecule has 0 bridgehead atoms. The van der Waals surface area contributed by atoms with E-state index in [1.54, 1.807) is 30.3 Å². The fourth-order valence-electron chi connectivity index (χ4n) is 2.62. The van der Waals surface area contributed by atoms with E-state index in [2.05, 4.69) is 20.9 Å². The summed E-state index contributed by atoms with van der Waals surface area (Å²) in [6.07, 6.45) is 2.50. The molecule has 152 valence electrons. The summed E-state index contributed by atoms with van der Waals surface area (Å²) in [5, 5.41) is 0.835. The van der Waals surface area contributed by atoms with Gasteiger partial charge in [0.15, 0.2) is 17.2 Å². The third kappa shape index (κ3) is 5.13. The monoisotopic (exact) mass is 497 g/mol. The van der Waals surface area contributed by atoms with Gasteiger partial charge < -0.3 is 14.2 Å². The Morgan fingerprint density at radius 2 is 1.97 bits per heavy atom. The Morgan fingerprint density at radius 1 is 1.17 bits per heavy atom. The highest BCUT2D eigenvalue weighted by Gasteiger charge is 2.26. The van der Waals surface area contributed by atoms with Crippen molar-refractivity contribution in [3.63, 3.8) is 0 Å². The van der Waals surface area contributed by atoms with E-state index in [1.807, 2.05) is 19.9 Å². The van der Waals surface area contributed by atoms with Gasteiger partial charge in [-0.3, -0.25) is 0 Å². The largest absolute Gasteiger partial charge is 0.490 e. The highest BCUT2D eigenvalue weighted by Crippen LogP contribution is 2.38. The van der Waals surface area contributed by atoms with E-state index < -0.39 is 5.97 Å². The van der Waals surface area contributed by atoms with E-state index >= 15 is 0 Å². The van der Waals surface area contributed by atoms with Crippen molar-refractivity contribution in [3.8, 4) is 11.5 Å². The molecule has 2 aromatic rings. The molecule has 1 heterocycles. The highest BCUT2D eigenvalue weighted by atomic mass is 79.9. The number of carbonyl (C=O) groups is 1. The van der Waals surface area contributed by atoms with Gasteiger partial charge in [0, 0.05) is 5.02 Å². The molecule has 0 radical (unpaired) electrons. The smallest absolute Gasteiger partial charge is 0.363 e. The molecule has 0 saturated heterocycles. The zero-order valence-corrected chi connectivity index (χ0v) is 18.9. The molecule has 0 amide bonds. The Balaban J connectivity index is 1.96. The standard InChI is InChI=1S/C21H18BrCl2NO4/c1-3-7-28-19-15(22)8-12(10-18(19)27-4-2)9-17-21(26)29-20(25-17)14-6-5-13(23)11-16(14)24/h5-6,8-11H,3-4,7H2,1-2H3/b17-9-. The Kier molecular flexibility index (Phi) is 7.22. The van der Waals surface area contributed by atoms with Crippen LogP contribution in [0.15, 0.2) is 45.5 Å². The molecule has 2 aromatic carbocycles. The molecule has 0 aliphatic carbocycles. The second-order valence-corrected chi connectivity index (χ2v) is 7.77. The summed E-state index contributed by atoms with van der Waals surface area (Å²) < 4.78 is 17.5. The number of benzene rings is 2. The van der Waals surface area contributed by atoms with Gasteiger partial charge in [0.05, 0.1) is 28.3 Å². The maximum Gasteiger partial charge on any atom is 0.363 e. The average Bonchev–Trinajstić information content (AvgIpc) is 3.01. The molecular formula is C21H18BrCl2NO4. The highest BCUT2D eigenvalue weighted by molar-refractivity contribution is 9.10.